The Morgan fingerprint density at radius 2 is 1.96 bits per heavy atom. The number of anilines is 1. The number of para-hydroxylation sites is 1. The highest BCUT2D eigenvalue weighted by Gasteiger charge is 2.57. The Hall–Kier alpha value is -2.34. The molecule has 25 heavy (non-hydrogen) atoms. The quantitative estimate of drug-likeness (QED) is 0.505. The summed E-state index contributed by atoms with van der Waals surface area (Å²) in [6, 6.07) is 11.3. The molecular formula is C19H17BrN2O3. The molecule has 4 rings (SSSR count). The van der Waals surface area contributed by atoms with Crippen LogP contribution in [0.15, 0.2) is 46.9 Å². The predicted octanol–water partition coefficient (Wildman–Crippen LogP) is 4.89. The number of nitro groups is 1. The molecule has 2 heterocycles. The predicted molar refractivity (Wildman–Crippen MR) is 101 cm³/mol. The molecular weight excluding hydrogens is 384 g/mol. The number of halogens is 1. The van der Waals surface area contributed by atoms with Crippen LogP contribution in [0.4, 0.5) is 11.4 Å². The molecule has 1 atom stereocenters. The first kappa shape index (κ1) is 16.1. The first-order chi connectivity index (χ1) is 11.8. The van der Waals surface area contributed by atoms with Crippen molar-refractivity contribution in [3.8, 4) is 5.75 Å². The van der Waals surface area contributed by atoms with Crippen molar-refractivity contribution in [2.45, 2.75) is 25.0 Å². The van der Waals surface area contributed by atoms with E-state index in [2.05, 4.69) is 46.8 Å². The van der Waals surface area contributed by atoms with Gasteiger partial charge in [-0.3, -0.25) is 10.1 Å². The number of rotatable bonds is 1. The molecule has 0 aliphatic carbocycles. The van der Waals surface area contributed by atoms with Crippen molar-refractivity contribution in [1.82, 2.24) is 0 Å². The normalized spacial score (nSPS) is 22.5. The van der Waals surface area contributed by atoms with Gasteiger partial charge in [0, 0.05) is 30.4 Å². The van der Waals surface area contributed by atoms with E-state index in [1.165, 1.54) is 11.6 Å². The van der Waals surface area contributed by atoms with E-state index >= 15 is 0 Å². The van der Waals surface area contributed by atoms with Gasteiger partial charge in [0.25, 0.3) is 5.69 Å². The number of hydrogen-bond donors (Lipinski definition) is 0. The monoisotopic (exact) mass is 400 g/mol. The Morgan fingerprint density at radius 1 is 1.24 bits per heavy atom. The van der Waals surface area contributed by atoms with Crippen LogP contribution in [0, 0.1) is 10.1 Å². The summed E-state index contributed by atoms with van der Waals surface area (Å²) >= 11 is 3.44. The van der Waals surface area contributed by atoms with E-state index in [0.717, 1.165) is 5.69 Å². The number of nitrogens with zero attached hydrogens (tertiary/aromatic N) is 2. The third kappa shape index (κ3) is 2.00. The summed E-state index contributed by atoms with van der Waals surface area (Å²) in [5, 5.41) is 11.1. The lowest BCUT2D eigenvalue weighted by molar-refractivity contribution is -0.385. The highest BCUT2D eigenvalue weighted by molar-refractivity contribution is 9.10. The van der Waals surface area contributed by atoms with Gasteiger partial charge in [-0.1, -0.05) is 18.2 Å². The summed E-state index contributed by atoms with van der Waals surface area (Å²) < 4.78 is 7.11. The average Bonchev–Trinajstić information content (AvgIpc) is 2.75. The zero-order valence-electron chi connectivity index (χ0n) is 14.1. The molecule has 0 fully saturated rings. The lowest BCUT2D eigenvalue weighted by Gasteiger charge is -2.46. The fraction of sp³-hybridized carbons (Fsp3) is 0.263. The minimum atomic E-state index is -0.692. The Bertz CT molecular complexity index is 938. The number of nitro benzene ring substituents is 1. The number of likely N-dealkylation sites (N-methyl/N-ethyl adjacent to an activating group) is 1. The van der Waals surface area contributed by atoms with Gasteiger partial charge >= 0.3 is 0 Å². The summed E-state index contributed by atoms with van der Waals surface area (Å²) in [6.45, 7) is 4.31. The van der Waals surface area contributed by atoms with Crippen molar-refractivity contribution in [2.24, 2.45) is 0 Å². The van der Waals surface area contributed by atoms with Gasteiger partial charge in [-0.15, -0.1) is 0 Å². The standard InChI is InChI=1S/C19H17BrN2O3/c1-18(2)14-6-4-5-7-16(14)21(3)19(18)9-8-12-10-13(22(23)24)11-15(20)17(12)25-19/h4-11H,1-3H3/t19-/m1/s1. The highest BCUT2D eigenvalue weighted by Crippen LogP contribution is 2.55. The molecule has 2 aromatic carbocycles. The van der Waals surface area contributed by atoms with Crippen LogP contribution >= 0.6 is 15.9 Å². The number of ether oxygens (including phenoxy) is 1. The van der Waals surface area contributed by atoms with Crippen LogP contribution in [0.3, 0.4) is 0 Å². The minimum absolute atomic E-state index is 0.0390. The van der Waals surface area contributed by atoms with E-state index < -0.39 is 10.6 Å². The molecule has 0 unspecified atom stereocenters. The van der Waals surface area contributed by atoms with Gasteiger partial charge in [0.05, 0.1) is 14.8 Å². The summed E-state index contributed by atoms with van der Waals surface area (Å²) in [4.78, 5) is 12.8. The van der Waals surface area contributed by atoms with E-state index in [0.29, 0.717) is 15.8 Å². The number of hydrogen-bond acceptors (Lipinski definition) is 4. The van der Waals surface area contributed by atoms with Gasteiger partial charge < -0.3 is 9.64 Å². The second-order valence-corrected chi connectivity index (χ2v) is 7.79. The Morgan fingerprint density at radius 3 is 2.64 bits per heavy atom. The number of non-ortho nitro benzene ring substituents is 1. The first-order valence-electron chi connectivity index (χ1n) is 7.97. The van der Waals surface area contributed by atoms with E-state index in [4.69, 9.17) is 4.74 Å². The maximum Gasteiger partial charge on any atom is 0.271 e. The lowest BCUT2D eigenvalue weighted by atomic mass is 9.76. The van der Waals surface area contributed by atoms with Gasteiger partial charge in [0.15, 0.2) is 0 Å². The minimum Gasteiger partial charge on any atom is -0.462 e. The molecule has 2 aliphatic rings. The van der Waals surface area contributed by atoms with Crippen LogP contribution in [-0.2, 0) is 5.41 Å². The summed E-state index contributed by atoms with van der Waals surface area (Å²) in [5.41, 5.74) is 2.09. The SMILES string of the molecule is CN1c2ccccc2C(C)(C)[C@]12C=Cc1cc([N+](=O)[O-])cc(Br)c1O2. The van der Waals surface area contributed by atoms with Crippen molar-refractivity contribution in [1.29, 1.82) is 0 Å². The smallest absolute Gasteiger partial charge is 0.271 e. The van der Waals surface area contributed by atoms with Crippen molar-refractivity contribution in [3.05, 3.63) is 68.2 Å². The molecule has 128 valence electrons. The zero-order valence-corrected chi connectivity index (χ0v) is 15.7. The summed E-state index contributed by atoms with van der Waals surface area (Å²) in [7, 11) is 2.02. The van der Waals surface area contributed by atoms with E-state index in [1.54, 1.807) is 6.07 Å². The van der Waals surface area contributed by atoms with Crippen LogP contribution in [0.1, 0.15) is 25.0 Å². The molecule has 2 aliphatic heterocycles. The maximum atomic E-state index is 11.1. The molecule has 0 bridgehead atoms. The van der Waals surface area contributed by atoms with Crippen LogP contribution in [0.5, 0.6) is 5.75 Å². The first-order valence-corrected chi connectivity index (χ1v) is 8.77. The fourth-order valence-electron chi connectivity index (χ4n) is 3.93. The zero-order chi connectivity index (χ0) is 18.0. The highest BCUT2D eigenvalue weighted by atomic mass is 79.9. The van der Waals surface area contributed by atoms with Crippen LogP contribution in [0.2, 0.25) is 0 Å². The van der Waals surface area contributed by atoms with E-state index in [9.17, 15) is 10.1 Å². The Labute approximate surface area is 154 Å². The Balaban J connectivity index is 1.88. The van der Waals surface area contributed by atoms with Crippen molar-refractivity contribution >= 4 is 33.4 Å². The van der Waals surface area contributed by atoms with Gasteiger partial charge in [0.1, 0.15) is 5.75 Å². The third-order valence-electron chi connectivity index (χ3n) is 5.35. The topological polar surface area (TPSA) is 55.6 Å². The molecule has 0 aromatic heterocycles. The van der Waals surface area contributed by atoms with Crippen molar-refractivity contribution in [3.63, 3.8) is 0 Å². The largest absolute Gasteiger partial charge is 0.462 e. The fourth-order valence-corrected chi connectivity index (χ4v) is 4.48. The third-order valence-corrected chi connectivity index (χ3v) is 5.94. The molecule has 0 amide bonds. The molecule has 0 saturated heterocycles. The van der Waals surface area contributed by atoms with E-state index in [1.807, 2.05) is 31.3 Å². The van der Waals surface area contributed by atoms with Gasteiger partial charge in [0.2, 0.25) is 5.72 Å². The van der Waals surface area contributed by atoms with Gasteiger partial charge in [-0.25, -0.2) is 0 Å². The average molecular weight is 401 g/mol. The number of benzene rings is 2. The molecule has 0 radical (unpaired) electrons. The molecule has 5 nitrogen and oxygen atoms in total. The lowest BCUT2D eigenvalue weighted by Crippen LogP contribution is -2.58. The van der Waals surface area contributed by atoms with E-state index in [-0.39, 0.29) is 11.1 Å². The number of fused-ring (bicyclic) bond motifs is 2. The molecule has 2 aromatic rings. The van der Waals surface area contributed by atoms with Crippen LogP contribution in [0.25, 0.3) is 6.08 Å². The second kappa shape index (κ2) is 5.08. The maximum absolute atomic E-state index is 11.1. The molecule has 1 spiro atoms. The molecule has 6 heteroatoms. The summed E-state index contributed by atoms with van der Waals surface area (Å²) in [5.74, 6) is 0.626. The van der Waals surface area contributed by atoms with Crippen molar-refractivity contribution < 1.29 is 9.66 Å². The van der Waals surface area contributed by atoms with Crippen LogP contribution in [-0.4, -0.2) is 17.7 Å². The Kier molecular flexibility index (Phi) is 3.28. The summed E-state index contributed by atoms with van der Waals surface area (Å²) in [6.07, 6.45) is 3.92. The van der Waals surface area contributed by atoms with Crippen LogP contribution < -0.4 is 9.64 Å². The van der Waals surface area contributed by atoms with Crippen molar-refractivity contribution in [2.75, 3.05) is 11.9 Å². The molecule has 0 saturated carbocycles. The molecule has 0 N–H and O–H groups in total. The van der Waals surface area contributed by atoms with Gasteiger partial charge in [-0.2, -0.15) is 0 Å². The second-order valence-electron chi connectivity index (χ2n) is 6.94. The van der Waals surface area contributed by atoms with Gasteiger partial charge in [-0.05, 0) is 53.6 Å².